The standard InChI is InChI=1S/C5H8NO2S/c1-5(6(7)8)3-4-9-2/h1-4H2. The van der Waals surface area contributed by atoms with Gasteiger partial charge in [0.2, 0.25) is 5.70 Å². The largest absolute Gasteiger partial charge is 0.259 e. The van der Waals surface area contributed by atoms with Crippen LogP contribution < -0.4 is 0 Å². The highest BCUT2D eigenvalue weighted by Gasteiger charge is 2.03. The average molecular weight is 146 g/mol. The van der Waals surface area contributed by atoms with Gasteiger partial charge in [0.25, 0.3) is 0 Å². The zero-order chi connectivity index (χ0) is 7.28. The Bertz CT molecular complexity index is 124. The van der Waals surface area contributed by atoms with Gasteiger partial charge in [-0.3, -0.25) is 10.1 Å². The molecule has 0 heterocycles. The Morgan fingerprint density at radius 1 is 1.78 bits per heavy atom. The van der Waals surface area contributed by atoms with E-state index in [1.807, 2.05) is 0 Å². The second kappa shape index (κ2) is 4.38. The van der Waals surface area contributed by atoms with Crippen LogP contribution in [0.3, 0.4) is 0 Å². The van der Waals surface area contributed by atoms with Crippen molar-refractivity contribution < 1.29 is 4.92 Å². The quantitative estimate of drug-likeness (QED) is 0.447. The summed E-state index contributed by atoms with van der Waals surface area (Å²) in [5, 5.41) is 9.88. The van der Waals surface area contributed by atoms with Crippen molar-refractivity contribution in [3.63, 3.8) is 0 Å². The Balaban J connectivity index is 3.39. The summed E-state index contributed by atoms with van der Waals surface area (Å²) in [6.45, 7) is 3.25. The lowest BCUT2D eigenvalue weighted by molar-refractivity contribution is -0.426. The minimum Gasteiger partial charge on any atom is -0.259 e. The van der Waals surface area contributed by atoms with E-state index in [1.54, 1.807) is 0 Å². The predicted octanol–water partition coefficient (Wildman–Crippen LogP) is 1.69. The third-order valence-electron chi connectivity index (χ3n) is 0.793. The summed E-state index contributed by atoms with van der Waals surface area (Å²) in [5.41, 5.74) is 0.0613. The SMILES string of the molecule is [CH2]SCCC(=C)[N+](=O)[O-]. The molecule has 0 saturated heterocycles. The Hall–Kier alpha value is -0.510. The summed E-state index contributed by atoms with van der Waals surface area (Å²) in [6, 6.07) is 0. The zero-order valence-electron chi connectivity index (χ0n) is 5.00. The van der Waals surface area contributed by atoms with Crippen LogP contribution in [0, 0.1) is 16.4 Å². The van der Waals surface area contributed by atoms with Gasteiger partial charge in [-0.1, -0.05) is 0 Å². The van der Waals surface area contributed by atoms with E-state index in [0.717, 1.165) is 0 Å². The van der Waals surface area contributed by atoms with Crippen molar-refractivity contribution in [2.24, 2.45) is 0 Å². The summed E-state index contributed by atoms with van der Waals surface area (Å²) < 4.78 is 0. The van der Waals surface area contributed by atoms with Crippen LogP contribution >= 0.6 is 11.8 Å². The Morgan fingerprint density at radius 2 is 2.33 bits per heavy atom. The fourth-order valence-corrected chi connectivity index (χ4v) is 0.661. The molecule has 0 fully saturated rings. The number of thioether (sulfide) groups is 1. The molecule has 0 amide bonds. The van der Waals surface area contributed by atoms with Crippen LogP contribution in [0.4, 0.5) is 0 Å². The molecule has 0 N–H and O–H groups in total. The van der Waals surface area contributed by atoms with Crippen LogP contribution in [0.1, 0.15) is 6.42 Å². The monoisotopic (exact) mass is 146 g/mol. The fraction of sp³-hybridized carbons (Fsp3) is 0.400. The molecule has 0 saturated carbocycles. The molecule has 0 aromatic heterocycles. The van der Waals surface area contributed by atoms with E-state index in [9.17, 15) is 10.1 Å². The maximum absolute atomic E-state index is 9.88. The number of hydrogen-bond acceptors (Lipinski definition) is 3. The fourth-order valence-electron chi connectivity index (χ4n) is 0.281. The van der Waals surface area contributed by atoms with Crippen LogP contribution in [0.25, 0.3) is 0 Å². The Kier molecular flexibility index (Phi) is 4.13. The summed E-state index contributed by atoms with van der Waals surface area (Å²) in [4.78, 5) is 9.42. The van der Waals surface area contributed by atoms with Crippen LogP contribution in [0.15, 0.2) is 12.3 Å². The molecule has 0 unspecified atom stereocenters. The van der Waals surface area contributed by atoms with Crippen molar-refractivity contribution in [3.8, 4) is 0 Å². The first-order valence-corrected chi connectivity index (χ1v) is 3.53. The average Bonchev–Trinajstić information content (AvgIpc) is 1.82. The number of nitrogens with zero attached hydrogens (tertiary/aromatic N) is 1. The van der Waals surface area contributed by atoms with Crippen molar-refractivity contribution in [1.29, 1.82) is 0 Å². The molecule has 0 atom stereocenters. The van der Waals surface area contributed by atoms with Crippen molar-refractivity contribution in [3.05, 3.63) is 28.6 Å². The summed E-state index contributed by atoms with van der Waals surface area (Å²) in [5.74, 6) is 0.666. The van der Waals surface area contributed by atoms with Gasteiger partial charge in [-0.25, -0.2) is 0 Å². The molecule has 0 spiro atoms. The number of nitro groups is 1. The second-order valence-corrected chi connectivity index (χ2v) is 2.30. The van der Waals surface area contributed by atoms with E-state index in [1.165, 1.54) is 11.8 Å². The third kappa shape index (κ3) is 4.02. The molecule has 3 nitrogen and oxygen atoms in total. The molecular weight excluding hydrogens is 138 g/mol. The molecule has 0 aromatic carbocycles. The minimum atomic E-state index is -0.462. The lowest BCUT2D eigenvalue weighted by Gasteiger charge is -1.91. The highest BCUT2D eigenvalue weighted by atomic mass is 32.2. The molecule has 9 heavy (non-hydrogen) atoms. The topological polar surface area (TPSA) is 43.1 Å². The first kappa shape index (κ1) is 8.49. The van der Waals surface area contributed by atoms with Crippen LogP contribution in [-0.2, 0) is 0 Å². The summed E-state index contributed by atoms with van der Waals surface area (Å²) in [6.07, 6.45) is 3.89. The number of rotatable bonds is 4. The lowest BCUT2D eigenvalue weighted by atomic mass is 10.4. The predicted molar refractivity (Wildman–Crippen MR) is 38.6 cm³/mol. The summed E-state index contributed by atoms with van der Waals surface area (Å²) >= 11 is 1.33. The van der Waals surface area contributed by atoms with E-state index >= 15 is 0 Å². The summed E-state index contributed by atoms with van der Waals surface area (Å²) in [7, 11) is 0. The van der Waals surface area contributed by atoms with Crippen molar-refractivity contribution in [1.82, 2.24) is 0 Å². The van der Waals surface area contributed by atoms with E-state index in [0.29, 0.717) is 12.2 Å². The zero-order valence-corrected chi connectivity index (χ0v) is 5.82. The van der Waals surface area contributed by atoms with Gasteiger partial charge in [0, 0.05) is 18.4 Å². The smallest absolute Gasteiger partial charge is 0.239 e. The van der Waals surface area contributed by atoms with Crippen LogP contribution in [0.5, 0.6) is 0 Å². The van der Waals surface area contributed by atoms with Gasteiger partial charge in [-0.15, -0.1) is 0 Å². The molecule has 0 aliphatic carbocycles. The van der Waals surface area contributed by atoms with Crippen molar-refractivity contribution in [2.75, 3.05) is 5.75 Å². The molecular formula is C5H8NO2S. The van der Waals surface area contributed by atoms with E-state index < -0.39 is 4.92 Å². The Labute approximate surface area is 58.3 Å². The Morgan fingerprint density at radius 3 is 2.67 bits per heavy atom. The van der Waals surface area contributed by atoms with Gasteiger partial charge in [0.15, 0.2) is 0 Å². The highest BCUT2D eigenvalue weighted by Crippen LogP contribution is 2.04. The minimum absolute atomic E-state index is 0.0613. The second-order valence-electron chi connectivity index (χ2n) is 1.48. The van der Waals surface area contributed by atoms with Gasteiger partial charge in [-0.2, -0.15) is 11.8 Å². The van der Waals surface area contributed by atoms with Crippen molar-refractivity contribution >= 4 is 11.8 Å². The van der Waals surface area contributed by atoms with Crippen LogP contribution in [0.2, 0.25) is 0 Å². The molecule has 0 bridgehead atoms. The van der Waals surface area contributed by atoms with Gasteiger partial charge >= 0.3 is 0 Å². The van der Waals surface area contributed by atoms with E-state index in [-0.39, 0.29) is 5.70 Å². The number of allylic oxidation sites excluding steroid dienone is 1. The van der Waals surface area contributed by atoms with Crippen molar-refractivity contribution in [2.45, 2.75) is 6.42 Å². The molecule has 0 aliphatic heterocycles. The molecule has 51 valence electrons. The normalized spacial score (nSPS) is 9.00. The third-order valence-corrected chi connectivity index (χ3v) is 1.29. The van der Waals surface area contributed by atoms with Gasteiger partial charge in [-0.05, 0) is 6.58 Å². The lowest BCUT2D eigenvalue weighted by Crippen LogP contribution is -1.97. The van der Waals surface area contributed by atoms with Gasteiger partial charge < -0.3 is 0 Å². The van der Waals surface area contributed by atoms with Crippen LogP contribution in [-0.4, -0.2) is 10.7 Å². The molecule has 1 radical (unpaired) electrons. The van der Waals surface area contributed by atoms with E-state index in [4.69, 9.17) is 0 Å². The maximum atomic E-state index is 9.88. The number of hydrogen-bond donors (Lipinski definition) is 0. The molecule has 0 aromatic rings. The maximum Gasteiger partial charge on any atom is 0.239 e. The molecule has 0 rings (SSSR count). The van der Waals surface area contributed by atoms with Gasteiger partial charge in [0.1, 0.15) is 0 Å². The molecule has 0 aliphatic rings. The first-order valence-electron chi connectivity index (χ1n) is 2.37. The van der Waals surface area contributed by atoms with Gasteiger partial charge in [0.05, 0.1) is 4.92 Å². The molecule has 4 heteroatoms. The first-order chi connectivity index (χ1) is 4.18. The highest BCUT2D eigenvalue weighted by molar-refractivity contribution is 8.00. The van der Waals surface area contributed by atoms with E-state index in [2.05, 4.69) is 12.8 Å².